The normalized spacial score (nSPS) is 14.6. The SMILES string of the molecule is CC(CCS(C)=O)Nc1cc(Cl)nc(C(C)C)n1. The number of rotatable bonds is 6. The third-order valence-corrected chi connectivity index (χ3v) is 3.47. The fraction of sp³-hybridized carbons (Fsp3) is 0.667. The number of nitrogens with zero attached hydrogens (tertiary/aromatic N) is 2. The molecule has 102 valence electrons. The predicted octanol–water partition coefficient (Wildman–Crippen LogP) is 2.82. The van der Waals surface area contributed by atoms with Crippen molar-refractivity contribution >= 4 is 28.2 Å². The summed E-state index contributed by atoms with van der Waals surface area (Å²) in [6.07, 6.45) is 2.55. The molecule has 1 N–H and O–H groups in total. The largest absolute Gasteiger partial charge is 0.367 e. The minimum Gasteiger partial charge on any atom is -0.367 e. The van der Waals surface area contributed by atoms with E-state index in [4.69, 9.17) is 11.6 Å². The Morgan fingerprint density at radius 3 is 2.61 bits per heavy atom. The molecule has 0 saturated carbocycles. The molecule has 1 heterocycles. The molecule has 0 aliphatic heterocycles. The first-order chi connectivity index (χ1) is 8.38. The molecule has 0 aliphatic carbocycles. The van der Waals surface area contributed by atoms with Crippen molar-refractivity contribution in [2.24, 2.45) is 0 Å². The summed E-state index contributed by atoms with van der Waals surface area (Å²) in [4.78, 5) is 8.60. The average Bonchev–Trinajstić information content (AvgIpc) is 2.25. The Balaban J connectivity index is 2.69. The lowest BCUT2D eigenvalue weighted by Gasteiger charge is -2.15. The smallest absolute Gasteiger partial charge is 0.135 e. The molecule has 0 fully saturated rings. The van der Waals surface area contributed by atoms with Crippen molar-refractivity contribution in [3.8, 4) is 0 Å². The minimum atomic E-state index is -0.759. The Morgan fingerprint density at radius 2 is 2.06 bits per heavy atom. The van der Waals surface area contributed by atoms with Gasteiger partial charge in [0.1, 0.15) is 16.8 Å². The summed E-state index contributed by atoms with van der Waals surface area (Å²) in [6, 6.07) is 1.92. The molecule has 4 nitrogen and oxygen atoms in total. The molecule has 0 bridgehead atoms. The second-order valence-corrected chi connectivity index (χ2v) is 6.64. The van der Waals surface area contributed by atoms with Crippen LogP contribution in [0, 0.1) is 0 Å². The van der Waals surface area contributed by atoms with Gasteiger partial charge in [-0.2, -0.15) is 0 Å². The van der Waals surface area contributed by atoms with E-state index < -0.39 is 10.8 Å². The van der Waals surface area contributed by atoms with Crippen molar-refractivity contribution < 1.29 is 4.21 Å². The van der Waals surface area contributed by atoms with E-state index in [-0.39, 0.29) is 12.0 Å². The highest BCUT2D eigenvalue weighted by atomic mass is 35.5. The molecular formula is C12H20ClN3OS. The molecule has 18 heavy (non-hydrogen) atoms. The quantitative estimate of drug-likeness (QED) is 0.818. The Labute approximate surface area is 116 Å². The molecule has 0 amide bonds. The maximum atomic E-state index is 11.0. The van der Waals surface area contributed by atoms with Crippen molar-refractivity contribution in [2.45, 2.75) is 39.2 Å². The average molecular weight is 290 g/mol. The van der Waals surface area contributed by atoms with Gasteiger partial charge < -0.3 is 5.32 Å². The van der Waals surface area contributed by atoms with Gasteiger partial charge in [-0.15, -0.1) is 0 Å². The van der Waals surface area contributed by atoms with E-state index in [9.17, 15) is 4.21 Å². The van der Waals surface area contributed by atoms with E-state index in [1.807, 2.05) is 20.8 Å². The van der Waals surface area contributed by atoms with Crippen molar-refractivity contribution in [3.63, 3.8) is 0 Å². The van der Waals surface area contributed by atoms with E-state index in [0.717, 1.165) is 18.1 Å². The molecule has 2 unspecified atom stereocenters. The molecule has 0 spiro atoms. The maximum Gasteiger partial charge on any atom is 0.135 e. The van der Waals surface area contributed by atoms with Crippen LogP contribution < -0.4 is 5.32 Å². The molecule has 6 heteroatoms. The highest BCUT2D eigenvalue weighted by Gasteiger charge is 2.09. The van der Waals surface area contributed by atoms with Crippen LogP contribution in [0.1, 0.15) is 38.9 Å². The summed E-state index contributed by atoms with van der Waals surface area (Å²) < 4.78 is 11.0. The summed E-state index contributed by atoms with van der Waals surface area (Å²) in [5, 5.41) is 3.71. The lowest BCUT2D eigenvalue weighted by Crippen LogP contribution is -2.19. The van der Waals surface area contributed by atoms with Gasteiger partial charge in [-0.05, 0) is 13.3 Å². The lowest BCUT2D eigenvalue weighted by molar-refractivity contribution is 0.678. The highest BCUT2D eigenvalue weighted by molar-refractivity contribution is 7.84. The molecular weight excluding hydrogens is 270 g/mol. The fourth-order valence-corrected chi connectivity index (χ4v) is 2.31. The fourth-order valence-electron chi connectivity index (χ4n) is 1.43. The van der Waals surface area contributed by atoms with Gasteiger partial charge in [0, 0.05) is 40.8 Å². The zero-order valence-corrected chi connectivity index (χ0v) is 12.8. The van der Waals surface area contributed by atoms with Gasteiger partial charge in [-0.1, -0.05) is 25.4 Å². The van der Waals surface area contributed by atoms with Crippen molar-refractivity contribution in [1.29, 1.82) is 0 Å². The number of halogens is 1. The van der Waals surface area contributed by atoms with Gasteiger partial charge in [-0.3, -0.25) is 4.21 Å². The molecule has 1 aromatic heterocycles. The molecule has 1 rings (SSSR count). The topological polar surface area (TPSA) is 54.9 Å². The van der Waals surface area contributed by atoms with Crippen molar-refractivity contribution in [3.05, 3.63) is 17.0 Å². The highest BCUT2D eigenvalue weighted by Crippen LogP contribution is 2.17. The number of hydrogen-bond acceptors (Lipinski definition) is 4. The first-order valence-electron chi connectivity index (χ1n) is 5.99. The molecule has 1 aromatic rings. The number of anilines is 1. The summed E-state index contributed by atoms with van der Waals surface area (Å²) in [5.74, 6) is 2.39. The Kier molecular flexibility index (Phi) is 6.02. The minimum absolute atomic E-state index is 0.208. The van der Waals surface area contributed by atoms with Crippen LogP contribution in [0.3, 0.4) is 0 Å². The van der Waals surface area contributed by atoms with Crippen molar-refractivity contribution in [1.82, 2.24) is 9.97 Å². The standard InChI is InChI=1S/C12H20ClN3OS/c1-8(2)12-15-10(13)7-11(16-12)14-9(3)5-6-18(4)17/h7-9H,5-6H2,1-4H3,(H,14,15,16). The number of nitrogens with one attached hydrogen (secondary N) is 1. The lowest BCUT2D eigenvalue weighted by atomic mass is 10.2. The van der Waals surface area contributed by atoms with Crippen LogP contribution in [0.5, 0.6) is 0 Å². The third kappa shape index (κ3) is 5.31. The van der Waals surface area contributed by atoms with Gasteiger partial charge in [0.05, 0.1) is 0 Å². The Morgan fingerprint density at radius 1 is 1.39 bits per heavy atom. The second-order valence-electron chi connectivity index (χ2n) is 4.70. The summed E-state index contributed by atoms with van der Waals surface area (Å²) in [5.41, 5.74) is 0. The Hall–Kier alpha value is -0.680. The van der Waals surface area contributed by atoms with Crippen LogP contribution in [0.2, 0.25) is 5.15 Å². The van der Waals surface area contributed by atoms with Crippen LogP contribution in [0.15, 0.2) is 6.07 Å². The number of aromatic nitrogens is 2. The third-order valence-electron chi connectivity index (χ3n) is 2.46. The zero-order valence-electron chi connectivity index (χ0n) is 11.2. The monoisotopic (exact) mass is 289 g/mol. The predicted molar refractivity (Wildman–Crippen MR) is 77.8 cm³/mol. The van der Waals surface area contributed by atoms with E-state index in [0.29, 0.717) is 10.9 Å². The van der Waals surface area contributed by atoms with Gasteiger partial charge in [0.15, 0.2) is 0 Å². The molecule has 0 aromatic carbocycles. The van der Waals surface area contributed by atoms with E-state index in [2.05, 4.69) is 15.3 Å². The number of hydrogen-bond donors (Lipinski definition) is 1. The van der Waals surface area contributed by atoms with Gasteiger partial charge in [-0.25, -0.2) is 9.97 Å². The van der Waals surface area contributed by atoms with Crippen LogP contribution >= 0.6 is 11.6 Å². The van der Waals surface area contributed by atoms with Gasteiger partial charge in [0.25, 0.3) is 0 Å². The van der Waals surface area contributed by atoms with Gasteiger partial charge >= 0.3 is 0 Å². The van der Waals surface area contributed by atoms with Crippen LogP contribution in [0.25, 0.3) is 0 Å². The van der Waals surface area contributed by atoms with Crippen LogP contribution in [0.4, 0.5) is 5.82 Å². The molecule has 0 radical (unpaired) electrons. The maximum absolute atomic E-state index is 11.0. The second kappa shape index (κ2) is 7.04. The summed E-state index contributed by atoms with van der Waals surface area (Å²) in [6.45, 7) is 6.09. The molecule has 0 saturated heterocycles. The summed E-state index contributed by atoms with van der Waals surface area (Å²) in [7, 11) is -0.759. The van der Waals surface area contributed by atoms with E-state index in [1.165, 1.54) is 0 Å². The van der Waals surface area contributed by atoms with E-state index >= 15 is 0 Å². The Bertz CT molecular complexity index is 426. The van der Waals surface area contributed by atoms with Crippen LogP contribution in [-0.4, -0.2) is 32.2 Å². The van der Waals surface area contributed by atoms with Gasteiger partial charge in [0.2, 0.25) is 0 Å². The van der Waals surface area contributed by atoms with Crippen molar-refractivity contribution in [2.75, 3.05) is 17.3 Å². The first kappa shape index (κ1) is 15.4. The van der Waals surface area contributed by atoms with E-state index in [1.54, 1.807) is 12.3 Å². The van der Waals surface area contributed by atoms with Crippen LogP contribution in [-0.2, 0) is 10.8 Å². The summed E-state index contributed by atoms with van der Waals surface area (Å²) >= 11 is 5.97. The first-order valence-corrected chi connectivity index (χ1v) is 8.10. The molecule has 2 atom stereocenters. The zero-order chi connectivity index (χ0) is 13.7. The molecule has 0 aliphatic rings.